The van der Waals surface area contributed by atoms with Crippen molar-refractivity contribution in [2.75, 3.05) is 26.2 Å². The molecule has 2 heterocycles. The maximum Gasteiger partial charge on any atom is 0.289 e. The molecule has 156 valence electrons. The smallest absolute Gasteiger partial charge is 0.289 e. The minimum Gasteiger partial charge on any atom is -0.459 e. The fourth-order valence-corrected chi connectivity index (χ4v) is 4.27. The number of hydrogen-bond donors (Lipinski definition) is 0. The molecule has 3 aromatic rings. The lowest BCUT2D eigenvalue weighted by molar-refractivity contribution is 0.0546. The molecule has 0 spiro atoms. The third-order valence-electron chi connectivity index (χ3n) is 6.03. The molecule has 1 aliphatic heterocycles. The number of piperidine rings is 1. The van der Waals surface area contributed by atoms with E-state index in [-0.39, 0.29) is 11.9 Å². The average molecular weight is 403 g/mol. The predicted molar refractivity (Wildman–Crippen MR) is 119 cm³/mol. The minimum atomic E-state index is 0.0127. The first kappa shape index (κ1) is 20.4. The van der Waals surface area contributed by atoms with Crippen molar-refractivity contribution in [2.45, 2.75) is 31.7 Å². The fraction of sp³-hybridized carbons (Fsp3) is 0.346. The molecule has 4 heteroatoms. The van der Waals surface area contributed by atoms with E-state index in [4.69, 9.17) is 4.42 Å². The van der Waals surface area contributed by atoms with E-state index in [1.54, 1.807) is 18.4 Å². The zero-order valence-electron chi connectivity index (χ0n) is 17.5. The lowest BCUT2D eigenvalue weighted by atomic mass is 10.0. The molecular formula is C26H30N2O2. The van der Waals surface area contributed by atoms with Crippen LogP contribution >= 0.6 is 0 Å². The molecule has 1 amide bonds. The monoisotopic (exact) mass is 402 g/mol. The molecule has 0 radical (unpaired) electrons. The maximum absolute atomic E-state index is 13.1. The first-order valence-corrected chi connectivity index (χ1v) is 10.9. The molecule has 0 N–H and O–H groups in total. The molecule has 4 rings (SSSR count). The van der Waals surface area contributed by atoms with E-state index in [0.29, 0.717) is 5.76 Å². The number of amides is 1. The van der Waals surface area contributed by atoms with E-state index >= 15 is 0 Å². The molecule has 1 saturated heterocycles. The topological polar surface area (TPSA) is 36.7 Å². The third-order valence-corrected chi connectivity index (χ3v) is 6.03. The minimum absolute atomic E-state index is 0.0127. The molecule has 0 saturated carbocycles. The number of nitrogens with zero attached hydrogens (tertiary/aromatic N) is 2. The van der Waals surface area contributed by atoms with Crippen molar-refractivity contribution in [1.82, 2.24) is 9.80 Å². The van der Waals surface area contributed by atoms with Gasteiger partial charge in [-0.1, -0.05) is 60.7 Å². The second-order valence-electron chi connectivity index (χ2n) is 8.02. The molecule has 1 aromatic heterocycles. The van der Waals surface area contributed by atoms with Crippen molar-refractivity contribution >= 4 is 5.91 Å². The number of carbonyl (C=O) groups is 1. The number of hydrogen-bond acceptors (Lipinski definition) is 3. The van der Waals surface area contributed by atoms with Crippen molar-refractivity contribution < 1.29 is 9.21 Å². The predicted octanol–water partition coefficient (Wildman–Crippen LogP) is 4.67. The second-order valence-corrected chi connectivity index (χ2v) is 8.02. The number of carbonyl (C=O) groups excluding carboxylic acids is 1. The Labute approximate surface area is 179 Å². The molecule has 4 nitrogen and oxygen atoms in total. The average Bonchev–Trinajstić information content (AvgIpc) is 3.35. The Balaban J connectivity index is 1.35. The SMILES string of the molecule is O=C(c1ccco1)N(CCc1ccccc1)C1CCN(CCc2ccccc2)CC1. The van der Waals surface area contributed by atoms with Crippen molar-refractivity contribution in [3.05, 3.63) is 95.9 Å². The zero-order chi connectivity index (χ0) is 20.6. The largest absolute Gasteiger partial charge is 0.459 e. The van der Waals surface area contributed by atoms with Gasteiger partial charge < -0.3 is 14.2 Å². The van der Waals surface area contributed by atoms with Crippen LogP contribution in [-0.2, 0) is 12.8 Å². The lowest BCUT2D eigenvalue weighted by Crippen LogP contribution is -2.48. The highest BCUT2D eigenvalue weighted by atomic mass is 16.3. The normalized spacial score (nSPS) is 15.2. The highest BCUT2D eigenvalue weighted by molar-refractivity contribution is 5.91. The highest BCUT2D eigenvalue weighted by Crippen LogP contribution is 2.20. The maximum atomic E-state index is 13.1. The Morgan fingerprint density at radius 3 is 2.10 bits per heavy atom. The van der Waals surface area contributed by atoms with Crippen LogP contribution in [0, 0.1) is 0 Å². The lowest BCUT2D eigenvalue weighted by Gasteiger charge is -2.38. The second kappa shape index (κ2) is 10.3. The molecule has 0 atom stereocenters. The van der Waals surface area contributed by atoms with Crippen molar-refractivity contribution in [3.8, 4) is 0 Å². The zero-order valence-corrected chi connectivity index (χ0v) is 17.5. The van der Waals surface area contributed by atoms with Gasteiger partial charge in [0.1, 0.15) is 0 Å². The van der Waals surface area contributed by atoms with Crippen LogP contribution in [0.2, 0.25) is 0 Å². The van der Waals surface area contributed by atoms with Gasteiger partial charge in [-0.15, -0.1) is 0 Å². The summed E-state index contributed by atoms with van der Waals surface area (Å²) in [5.41, 5.74) is 2.65. The molecular weight excluding hydrogens is 372 g/mol. The molecule has 0 bridgehead atoms. The van der Waals surface area contributed by atoms with Gasteiger partial charge in [0.15, 0.2) is 5.76 Å². The van der Waals surface area contributed by atoms with Crippen LogP contribution in [0.5, 0.6) is 0 Å². The Morgan fingerprint density at radius 1 is 0.867 bits per heavy atom. The Kier molecular flexibility index (Phi) is 6.99. The first-order chi connectivity index (χ1) is 14.8. The fourth-order valence-electron chi connectivity index (χ4n) is 4.27. The summed E-state index contributed by atoms with van der Waals surface area (Å²) in [6.07, 6.45) is 5.54. The van der Waals surface area contributed by atoms with Crippen LogP contribution in [0.25, 0.3) is 0 Å². The van der Waals surface area contributed by atoms with Gasteiger partial charge in [0.2, 0.25) is 0 Å². The summed E-state index contributed by atoms with van der Waals surface area (Å²) in [5, 5.41) is 0. The van der Waals surface area contributed by atoms with Gasteiger partial charge in [0.05, 0.1) is 6.26 Å². The van der Waals surface area contributed by atoms with Gasteiger partial charge in [-0.3, -0.25) is 4.79 Å². The quantitative estimate of drug-likeness (QED) is 0.549. The summed E-state index contributed by atoms with van der Waals surface area (Å²) in [6.45, 7) is 3.86. The van der Waals surface area contributed by atoms with Gasteiger partial charge in [-0.25, -0.2) is 0 Å². The van der Waals surface area contributed by atoms with Crippen LogP contribution < -0.4 is 0 Å². The van der Waals surface area contributed by atoms with E-state index in [1.165, 1.54) is 11.1 Å². The molecule has 0 unspecified atom stereocenters. The van der Waals surface area contributed by atoms with E-state index in [0.717, 1.165) is 51.9 Å². The van der Waals surface area contributed by atoms with Gasteiger partial charge >= 0.3 is 0 Å². The van der Waals surface area contributed by atoms with E-state index < -0.39 is 0 Å². The van der Waals surface area contributed by atoms with Gasteiger partial charge in [0.25, 0.3) is 5.91 Å². The van der Waals surface area contributed by atoms with Crippen LogP contribution in [-0.4, -0.2) is 47.9 Å². The van der Waals surface area contributed by atoms with Crippen LogP contribution in [0.3, 0.4) is 0 Å². The highest BCUT2D eigenvalue weighted by Gasteiger charge is 2.29. The van der Waals surface area contributed by atoms with Crippen LogP contribution in [0.4, 0.5) is 0 Å². The van der Waals surface area contributed by atoms with Crippen molar-refractivity contribution in [3.63, 3.8) is 0 Å². The van der Waals surface area contributed by atoms with E-state index in [9.17, 15) is 4.79 Å². The molecule has 1 aliphatic rings. The van der Waals surface area contributed by atoms with E-state index in [1.807, 2.05) is 11.0 Å². The Morgan fingerprint density at radius 2 is 1.50 bits per heavy atom. The molecule has 30 heavy (non-hydrogen) atoms. The summed E-state index contributed by atoms with van der Waals surface area (Å²) in [7, 11) is 0. The third kappa shape index (κ3) is 5.39. The van der Waals surface area contributed by atoms with E-state index in [2.05, 4.69) is 59.5 Å². The van der Waals surface area contributed by atoms with Crippen LogP contribution in [0.15, 0.2) is 83.5 Å². The Hall–Kier alpha value is -2.85. The number of rotatable bonds is 8. The molecule has 1 fully saturated rings. The van der Waals surface area contributed by atoms with Crippen molar-refractivity contribution in [1.29, 1.82) is 0 Å². The number of furan rings is 1. The number of benzene rings is 2. The molecule has 0 aliphatic carbocycles. The number of likely N-dealkylation sites (tertiary alicyclic amines) is 1. The standard InChI is InChI=1S/C26H30N2O2/c29-26(25-12-7-21-30-25)28(20-14-23-10-5-2-6-11-23)24-15-18-27(19-16-24)17-13-22-8-3-1-4-9-22/h1-12,21,24H,13-20H2. The van der Waals surface area contributed by atoms with Crippen molar-refractivity contribution in [2.24, 2.45) is 0 Å². The first-order valence-electron chi connectivity index (χ1n) is 10.9. The molecule has 2 aromatic carbocycles. The van der Waals surface area contributed by atoms with Gasteiger partial charge in [-0.2, -0.15) is 0 Å². The summed E-state index contributed by atoms with van der Waals surface area (Å²) in [5.74, 6) is 0.452. The van der Waals surface area contributed by atoms with Gasteiger partial charge in [0, 0.05) is 32.2 Å². The summed E-state index contributed by atoms with van der Waals surface area (Å²) in [6, 6.07) is 24.9. The summed E-state index contributed by atoms with van der Waals surface area (Å²) >= 11 is 0. The summed E-state index contributed by atoms with van der Waals surface area (Å²) < 4.78 is 5.43. The van der Waals surface area contributed by atoms with Gasteiger partial charge in [-0.05, 0) is 48.9 Å². The summed E-state index contributed by atoms with van der Waals surface area (Å²) in [4.78, 5) is 17.7. The Bertz CT molecular complexity index is 885. The van der Waals surface area contributed by atoms with Crippen LogP contribution in [0.1, 0.15) is 34.5 Å².